The number of carbonyl (C=O) groups is 2. The van der Waals surface area contributed by atoms with Crippen LogP contribution in [0.15, 0.2) is 42.6 Å². The minimum atomic E-state index is -2.01. The van der Waals surface area contributed by atoms with E-state index in [1.165, 1.54) is 12.3 Å². The minimum Gasteiger partial charge on any atom is -0.394 e. The highest BCUT2D eigenvalue weighted by molar-refractivity contribution is 6.06. The second kappa shape index (κ2) is 6.33. The SMILES string of the molecule is [2H][C@]1(O)C[C@H](N2C=CC(N)(C(=O)c3ccccc3)NC2=O)O[C@@H]1CO. The van der Waals surface area contributed by atoms with Gasteiger partial charge in [0.2, 0.25) is 5.78 Å². The van der Waals surface area contributed by atoms with E-state index in [1.54, 1.807) is 30.3 Å². The first-order valence-electron chi connectivity index (χ1n) is 7.94. The van der Waals surface area contributed by atoms with Crippen molar-refractivity contribution >= 4 is 11.8 Å². The second-order valence-electron chi connectivity index (χ2n) is 5.67. The molecule has 8 heteroatoms. The van der Waals surface area contributed by atoms with E-state index in [4.69, 9.17) is 16.9 Å². The largest absolute Gasteiger partial charge is 0.394 e. The van der Waals surface area contributed by atoms with Crippen LogP contribution < -0.4 is 11.1 Å². The van der Waals surface area contributed by atoms with Gasteiger partial charge in [0, 0.05) is 18.2 Å². The lowest BCUT2D eigenvalue weighted by molar-refractivity contribution is -0.0546. The van der Waals surface area contributed by atoms with Crippen LogP contribution in [0.5, 0.6) is 0 Å². The Morgan fingerprint density at radius 2 is 2.21 bits per heavy atom. The Hall–Kier alpha value is -2.26. The number of carbonyl (C=O) groups excluding carboxylic acids is 2. The van der Waals surface area contributed by atoms with Crippen LogP contribution in [0.4, 0.5) is 4.79 Å². The van der Waals surface area contributed by atoms with Crippen molar-refractivity contribution < 1.29 is 25.9 Å². The fraction of sp³-hybridized carbons (Fsp3) is 0.375. The molecule has 0 aliphatic carbocycles. The van der Waals surface area contributed by atoms with Crippen molar-refractivity contribution in [1.82, 2.24) is 10.2 Å². The number of hydrogen-bond acceptors (Lipinski definition) is 6. The van der Waals surface area contributed by atoms with E-state index in [1.807, 2.05) is 0 Å². The molecule has 0 aromatic heterocycles. The number of aliphatic hydroxyl groups excluding tert-OH is 1. The van der Waals surface area contributed by atoms with Crippen LogP contribution in [0, 0.1) is 0 Å². The van der Waals surface area contributed by atoms with Gasteiger partial charge in [-0.3, -0.25) is 15.4 Å². The molecule has 2 aliphatic rings. The highest BCUT2D eigenvalue weighted by Gasteiger charge is 2.43. The van der Waals surface area contributed by atoms with Gasteiger partial charge in [0.25, 0.3) is 0 Å². The molecule has 128 valence electrons. The number of urea groups is 1. The van der Waals surface area contributed by atoms with Crippen LogP contribution in [0.2, 0.25) is 0 Å². The maximum absolute atomic E-state index is 12.6. The molecule has 4 atom stereocenters. The smallest absolute Gasteiger partial charge is 0.325 e. The Balaban J connectivity index is 1.79. The number of nitrogens with zero attached hydrogens (tertiary/aromatic N) is 1. The lowest BCUT2D eigenvalue weighted by atomic mass is 9.97. The summed E-state index contributed by atoms with van der Waals surface area (Å²) in [5.41, 5.74) is 4.67. The predicted molar refractivity (Wildman–Crippen MR) is 83.6 cm³/mol. The third kappa shape index (κ3) is 2.92. The summed E-state index contributed by atoms with van der Waals surface area (Å²) in [5.74, 6) is -0.477. The number of Topliss-reactive ketones (excluding diaryl/α,β-unsaturated/α-hetero) is 1. The lowest BCUT2D eigenvalue weighted by Gasteiger charge is -2.36. The first kappa shape index (κ1) is 15.3. The highest BCUT2D eigenvalue weighted by Crippen LogP contribution is 2.26. The molecule has 1 fully saturated rings. The first-order chi connectivity index (χ1) is 11.8. The monoisotopic (exact) mass is 334 g/mol. The van der Waals surface area contributed by atoms with Gasteiger partial charge in [-0.1, -0.05) is 30.3 Å². The molecular weight excluding hydrogens is 314 g/mol. The van der Waals surface area contributed by atoms with E-state index in [-0.39, 0.29) is 6.42 Å². The Kier molecular flexibility index (Phi) is 4.03. The molecule has 2 aliphatic heterocycles. The Labute approximate surface area is 139 Å². The van der Waals surface area contributed by atoms with Gasteiger partial charge >= 0.3 is 6.03 Å². The topological polar surface area (TPSA) is 125 Å². The summed E-state index contributed by atoms with van der Waals surface area (Å²) in [6.45, 7) is -0.553. The third-order valence-corrected chi connectivity index (χ3v) is 4.01. The minimum absolute atomic E-state index is 0.208. The molecule has 1 aromatic carbocycles. The van der Waals surface area contributed by atoms with Gasteiger partial charge in [-0.25, -0.2) is 4.79 Å². The Bertz CT molecular complexity index is 711. The third-order valence-electron chi connectivity index (χ3n) is 4.01. The molecule has 0 bridgehead atoms. The summed E-state index contributed by atoms with van der Waals surface area (Å²) < 4.78 is 13.1. The number of nitrogens with two attached hydrogens (primary N) is 1. The summed E-state index contributed by atoms with van der Waals surface area (Å²) in [7, 11) is 0. The number of aliphatic hydroxyl groups is 2. The molecule has 1 unspecified atom stereocenters. The molecule has 0 spiro atoms. The zero-order valence-electron chi connectivity index (χ0n) is 13.8. The van der Waals surface area contributed by atoms with Crippen molar-refractivity contribution in [2.75, 3.05) is 6.61 Å². The van der Waals surface area contributed by atoms with Crippen LogP contribution in [0.25, 0.3) is 0 Å². The van der Waals surface area contributed by atoms with E-state index in [0.717, 1.165) is 4.90 Å². The zero-order chi connectivity index (χ0) is 18.2. The summed E-state index contributed by atoms with van der Waals surface area (Å²) in [4.78, 5) is 26.0. The normalized spacial score (nSPS) is 36.4. The van der Waals surface area contributed by atoms with Crippen molar-refractivity contribution in [1.29, 1.82) is 0 Å². The fourth-order valence-corrected chi connectivity index (χ4v) is 2.68. The summed E-state index contributed by atoms with van der Waals surface area (Å²) in [5, 5.41) is 21.5. The van der Waals surface area contributed by atoms with E-state index >= 15 is 0 Å². The summed E-state index contributed by atoms with van der Waals surface area (Å²) >= 11 is 0. The molecule has 0 radical (unpaired) electrons. The molecule has 3 rings (SSSR count). The van der Waals surface area contributed by atoms with Crippen molar-refractivity contribution in [2.24, 2.45) is 5.73 Å². The number of ketones is 1. The molecule has 2 heterocycles. The first-order valence-corrected chi connectivity index (χ1v) is 7.44. The molecule has 0 saturated carbocycles. The molecule has 1 aromatic rings. The van der Waals surface area contributed by atoms with Gasteiger partial charge in [-0.05, 0) is 6.08 Å². The van der Waals surface area contributed by atoms with Gasteiger partial charge in [-0.15, -0.1) is 0 Å². The molecule has 1 saturated heterocycles. The van der Waals surface area contributed by atoms with Crippen LogP contribution in [-0.4, -0.2) is 57.6 Å². The summed E-state index contributed by atoms with van der Waals surface area (Å²) in [6.07, 6.45) is -1.69. The predicted octanol–water partition coefficient (Wildman–Crippen LogP) is -0.469. The van der Waals surface area contributed by atoms with Gasteiger partial charge < -0.3 is 20.3 Å². The molecule has 24 heavy (non-hydrogen) atoms. The van der Waals surface area contributed by atoms with Crippen LogP contribution in [0.1, 0.15) is 18.1 Å². The van der Waals surface area contributed by atoms with Gasteiger partial charge in [0.15, 0.2) is 5.66 Å². The number of ether oxygens (including phenoxy) is 1. The number of benzene rings is 1. The maximum atomic E-state index is 12.6. The molecule has 2 amide bonds. The zero-order valence-corrected chi connectivity index (χ0v) is 12.8. The summed E-state index contributed by atoms with van der Waals surface area (Å²) in [6, 6.07) is 7.62. The number of nitrogens with one attached hydrogen (secondary N) is 1. The molecule has 8 nitrogen and oxygen atoms in total. The van der Waals surface area contributed by atoms with E-state index in [9.17, 15) is 14.7 Å². The van der Waals surface area contributed by atoms with Gasteiger partial charge in [0.05, 0.1) is 14.1 Å². The Morgan fingerprint density at radius 3 is 2.79 bits per heavy atom. The van der Waals surface area contributed by atoms with Crippen molar-refractivity contribution in [3.05, 3.63) is 48.2 Å². The number of rotatable bonds is 4. The molecule has 5 N–H and O–H groups in total. The van der Waals surface area contributed by atoms with Gasteiger partial charge in [-0.2, -0.15) is 0 Å². The molecular formula is C16H19N3O5. The highest BCUT2D eigenvalue weighted by atomic mass is 16.5. The van der Waals surface area contributed by atoms with E-state index in [2.05, 4.69) is 5.32 Å². The maximum Gasteiger partial charge on any atom is 0.325 e. The van der Waals surface area contributed by atoms with Crippen molar-refractivity contribution in [3.8, 4) is 0 Å². The van der Waals surface area contributed by atoms with E-state index in [0.29, 0.717) is 5.56 Å². The fourth-order valence-electron chi connectivity index (χ4n) is 2.68. The van der Waals surface area contributed by atoms with Gasteiger partial charge in [0.1, 0.15) is 12.3 Å². The lowest BCUT2D eigenvalue weighted by Crippen LogP contribution is -2.65. The van der Waals surface area contributed by atoms with Crippen molar-refractivity contribution in [3.63, 3.8) is 0 Å². The Morgan fingerprint density at radius 1 is 1.50 bits per heavy atom. The van der Waals surface area contributed by atoms with E-state index < -0.39 is 42.5 Å². The van der Waals surface area contributed by atoms with Crippen molar-refractivity contribution in [2.45, 2.75) is 30.5 Å². The van der Waals surface area contributed by atoms with Crippen LogP contribution in [-0.2, 0) is 4.74 Å². The quantitative estimate of drug-likeness (QED) is 0.552. The van der Waals surface area contributed by atoms with Crippen LogP contribution in [0.3, 0.4) is 0 Å². The standard InChI is InChI=1S/C16H19N3O5/c17-16(14(22)10-4-2-1-3-5-10)6-7-19(15(23)18-16)13-8-11(21)12(9-20)24-13/h1-7,11-13,20-21H,8-9,17H2,(H,18,23)/t11-,12+,13+,16?/m0/s1/i11D. The average Bonchev–Trinajstić information content (AvgIpc) is 2.89. The van der Waals surface area contributed by atoms with Crippen LogP contribution >= 0.6 is 0 Å². The second-order valence-corrected chi connectivity index (χ2v) is 5.67. The number of hydrogen-bond donors (Lipinski definition) is 4. The average molecular weight is 334 g/mol. The number of amides is 2.